The van der Waals surface area contributed by atoms with Gasteiger partial charge in [0.2, 0.25) is 5.91 Å². The number of hydrogen-bond donors (Lipinski definition) is 1. The predicted molar refractivity (Wildman–Crippen MR) is 77.3 cm³/mol. The maximum absolute atomic E-state index is 12.8. The second-order valence-corrected chi connectivity index (χ2v) is 6.63. The topological polar surface area (TPSA) is 46.3 Å². The van der Waals surface area contributed by atoms with Crippen LogP contribution in [0.5, 0.6) is 0 Å². The van der Waals surface area contributed by atoms with E-state index in [1.807, 2.05) is 4.90 Å². The van der Waals surface area contributed by atoms with Crippen LogP contribution in [0.3, 0.4) is 0 Å². The van der Waals surface area contributed by atoms with Crippen molar-refractivity contribution in [3.8, 4) is 0 Å². The Balaban J connectivity index is 2.11. The van der Waals surface area contributed by atoms with Gasteiger partial charge in [0.25, 0.3) is 0 Å². The molecule has 2 saturated carbocycles. The van der Waals surface area contributed by atoms with Crippen LogP contribution in [0, 0.1) is 5.41 Å². The fraction of sp³-hybridized carbons (Fsp3) is 0.857. The quantitative estimate of drug-likeness (QED) is 0.797. The van der Waals surface area contributed by atoms with Crippen molar-refractivity contribution in [1.82, 2.24) is 4.90 Å². The van der Waals surface area contributed by atoms with E-state index in [-0.39, 0.29) is 5.41 Å². The van der Waals surface area contributed by atoms with Crippen LogP contribution in [-0.2, 0) is 4.79 Å². The normalized spacial score (nSPS) is 23.2. The average Bonchev–Trinajstić information content (AvgIpc) is 2.96. The van der Waals surface area contributed by atoms with Crippen LogP contribution in [0.2, 0.25) is 0 Å². The summed E-state index contributed by atoms with van der Waals surface area (Å²) in [6.45, 7) is 2.58. The second-order valence-electron chi connectivity index (χ2n) is 6.11. The fourth-order valence-electron chi connectivity index (χ4n) is 3.47. The zero-order chi connectivity index (χ0) is 13.2. The first-order valence-electron chi connectivity index (χ1n) is 7.12. The summed E-state index contributed by atoms with van der Waals surface area (Å²) in [5.74, 6) is 0.291. The molecule has 0 aliphatic heterocycles. The fourth-order valence-corrected chi connectivity index (χ4v) is 3.61. The molecule has 0 aromatic heterocycles. The molecule has 0 saturated heterocycles. The van der Waals surface area contributed by atoms with E-state index in [4.69, 9.17) is 18.0 Å². The Hall–Kier alpha value is -0.640. The number of carbonyl (C=O) groups excluding carboxylic acids is 1. The van der Waals surface area contributed by atoms with Crippen molar-refractivity contribution < 1.29 is 4.79 Å². The SMILES string of the molecule is CC1(C(=O)N(CC(N)=S)C2CCCC2)CCCC1. The van der Waals surface area contributed by atoms with Gasteiger partial charge in [-0.05, 0) is 25.7 Å². The van der Waals surface area contributed by atoms with Crippen molar-refractivity contribution in [3.63, 3.8) is 0 Å². The first kappa shape index (κ1) is 13.8. The number of hydrogen-bond acceptors (Lipinski definition) is 2. The highest BCUT2D eigenvalue weighted by atomic mass is 32.1. The van der Waals surface area contributed by atoms with E-state index < -0.39 is 0 Å². The third kappa shape index (κ3) is 2.85. The van der Waals surface area contributed by atoms with E-state index in [1.165, 1.54) is 25.7 Å². The van der Waals surface area contributed by atoms with E-state index in [0.29, 0.717) is 23.5 Å². The second kappa shape index (κ2) is 5.55. The molecule has 2 aliphatic rings. The van der Waals surface area contributed by atoms with E-state index in [2.05, 4.69) is 6.92 Å². The Bertz CT molecular complexity index is 331. The zero-order valence-electron chi connectivity index (χ0n) is 11.3. The molecule has 3 nitrogen and oxygen atoms in total. The molecule has 2 N–H and O–H groups in total. The van der Waals surface area contributed by atoms with Gasteiger partial charge in [-0.2, -0.15) is 0 Å². The lowest BCUT2D eigenvalue weighted by atomic mass is 9.86. The Morgan fingerprint density at radius 1 is 1.28 bits per heavy atom. The van der Waals surface area contributed by atoms with E-state index in [1.54, 1.807) is 0 Å². The monoisotopic (exact) mass is 268 g/mol. The first-order valence-corrected chi connectivity index (χ1v) is 7.53. The van der Waals surface area contributed by atoms with Crippen molar-refractivity contribution >= 4 is 23.1 Å². The Labute approximate surface area is 115 Å². The molecule has 2 aliphatic carbocycles. The number of thiocarbonyl (C=S) groups is 1. The van der Waals surface area contributed by atoms with Crippen molar-refractivity contribution in [2.24, 2.45) is 11.1 Å². The maximum atomic E-state index is 12.8. The number of carbonyl (C=O) groups is 1. The van der Waals surface area contributed by atoms with E-state index >= 15 is 0 Å². The molecule has 2 fully saturated rings. The molecular formula is C14H24N2OS. The van der Waals surface area contributed by atoms with Gasteiger partial charge < -0.3 is 10.6 Å². The molecule has 0 atom stereocenters. The molecule has 0 spiro atoms. The van der Waals surface area contributed by atoms with Gasteiger partial charge in [0, 0.05) is 11.5 Å². The third-order valence-electron chi connectivity index (χ3n) is 4.58. The summed E-state index contributed by atoms with van der Waals surface area (Å²) in [5.41, 5.74) is 5.52. The molecule has 0 aromatic rings. The van der Waals surface area contributed by atoms with Crippen LogP contribution >= 0.6 is 12.2 Å². The number of rotatable bonds is 4. The lowest BCUT2D eigenvalue weighted by molar-refractivity contribution is -0.142. The third-order valence-corrected chi connectivity index (χ3v) is 4.71. The van der Waals surface area contributed by atoms with Crippen molar-refractivity contribution in [3.05, 3.63) is 0 Å². The molecule has 0 unspecified atom stereocenters. The molecule has 18 heavy (non-hydrogen) atoms. The Kier molecular flexibility index (Phi) is 4.25. The van der Waals surface area contributed by atoms with E-state index in [0.717, 1.165) is 25.7 Å². The molecule has 2 rings (SSSR count). The summed E-state index contributed by atoms with van der Waals surface area (Å²) < 4.78 is 0. The van der Waals surface area contributed by atoms with Gasteiger partial charge in [0.15, 0.2) is 0 Å². The minimum absolute atomic E-state index is 0.159. The van der Waals surface area contributed by atoms with Gasteiger partial charge >= 0.3 is 0 Å². The molecule has 1 amide bonds. The highest BCUT2D eigenvalue weighted by molar-refractivity contribution is 7.80. The largest absolute Gasteiger partial charge is 0.392 e. The van der Waals surface area contributed by atoms with Gasteiger partial charge in [-0.1, -0.05) is 44.8 Å². The van der Waals surface area contributed by atoms with Gasteiger partial charge in [-0.25, -0.2) is 0 Å². The van der Waals surface area contributed by atoms with Crippen LogP contribution < -0.4 is 5.73 Å². The van der Waals surface area contributed by atoms with Gasteiger partial charge in [0.1, 0.15) is 0 Å². The van der Waals surface area contributed by atoms with Crippen LogP contribution in [0.15, 0.2) is 0 Å². The summed E-state index contributed by atoms with van der Waals surface area (Å²) in [7, 11) is 0. The maximum Gasteiger partial charge on any atom is 0.229 e. The smallest absolute Gasteiger partial charge is 0.229 e. The highest BCUT2D eigenvalue weighted by Crippen LogP contribution is 2.40. The minimum Gasteiger partial charge on any atom is -0.392 e. The average molecular weight is 268 g/mol. The van der Waals surface area contributed by atoms with Crippen LogP contribution in [0.4, 0.5) is 0 Å². The van der Waals surface area contributed by atoms with Crippen LogP contribution in [0.25, 0.3) is 0 Å². The summed E-state index contributed by atoms with van der Waals surface area (Å²) >= 11 is 5.02. The summed E-state index contributed by atoms with van der Waals surface area (Å²) in [6.07, 6.45) is 9.07. The van der Waals surface area contributed by atoms with Gasteiger partial charge in [0.05, 0.1) is 11.5 Å². The summed E-state index contributed by atoms with van der Waals surface area (Å²) in [6, 6.07) is 0.372. The minimum atomic E-state index is -0.159. The number of amides is 1. The van der Waals surface area contributed by atoms with E-state index in [9.17, 15) is 4.79 Å². The van der Waals surface area contributed by atoms with Crippen molar-refractivity contribution in [2.45, 2.75) is 64.3 Å². The molecule has 0 radical (unpaired) electrons. The molecule has 4 heteroatoms. The Morgan fingerprint density at radius 3 is 2.33 bits per heavy atom. The lowest BCUT2D eigenvalue weighted by Gasteiger charge is -2.35. The lowest BCUT2D eigenvalue weighted by Crippen LogP contribution is -2.49. The number of nitrogens with two attached hydrogens (primary N) is 1. The van der Waals surface area contributed by atoms with Crippen molar-refractivity contribution in [1.29, 1.82) is 0 Å². The van der Waals surface area contributed by atoms with Crippen molar-refractivity contribution in [2.75, 3.05) is 6.54 Å². The summed E-state index contributed by atoms with van der Waals surface area (Å²) in [5, 5.41) is 0. The summed E-state index contributed by atoms with van der Waals surface area (Å²) in [4.78, 5) is 15.2. The molecule has 102 valence electrons. The molecule has 0 heterocycles. The van der Waals surface area contributed by atoms with Gasteiger partial charge in [-0.15, -0.1) is 0 Å². The first-order chi connectivity index (χ1) is 8.53. The van der Waals surface area contributed by atoms with Crippen LogP contribution in [-0.4, -0.2) is 28.4 Å². The highest BCUT2D eigenvalue weighted by Gasteiger charge is 2.41. The van der Waals surface area contributed by atoms with Gasteiger partial charge in [-0.3, -0.25) is 4.79 Å². The standard InChI is InChI=1S/C14H24N2OS/c1-14(8-4-5-9-14)13(17)16(10-12(15)18)11-6-2-3-7-11/h11H,2-10H2,1H3,(H2,15,18). The predicted octanol–water partition coefficient (Wildman–Crippen LogP) is 2.62. The zero-order valence-corrected chi connectivity index (χ0v) is 12.1. The molecule has 0 aromatic carbocycles. The molecular weight excluding hydrogens is 244 g/mol. The molecule has 0 bridgehead atoms. The van der Waals surface area contributed by atoms with Crippen LogP contribution in [0.1, 0.15) is 58.3 Å². The Morgan fingerprint density at radius 2 is 1.83 bits per heavy atom. The number of nitrogens with zero attached hydrogens (tertiary/aromatic N) is 1.